The van der Waals surface area contributed by atoms with Crippen molar-refractivity contribution in [1.82, 2.24) is 5.32 Å². The maximum atomic E-state index is 12.1. The van der Waals surface area contributed by atoms with Crippen LogP contribution in [0.1, 0.15) is 103 Å². The van der Waals surface area contributed by atoms with Crippen molar-refractivity contribution in [3.8, 4) is 0 Å². The number of esters is 1. The van der Waals surface area contributed by atoms with E-state index in [1.54, 1.807) is 0 Å². The molecule has 0 aromatic carbocycles. The van der Waals surface area contributed by atoms with Gasteiger partial charge in [0.2, 0.25) is 0 Å². The lowest BCUT2D eigenvalue weighted by Crippen LogP contribution is -2.18. The number of hydrogen-bond donors (Lipinski definition) is 2. The van der Waals surface area contributed by atoms with E-state index in [1.807, 2.05) is 6.08 Å². The van der Waals surface area contributed by atoms with Crippen LogP contribution >= 0.6 is 0 Å². The molecule has 0 aromatic rings. The van der Waals surface area contributed by atoms with Gasteiger partial charge >= 0.3 is 5.97 Å². The van der Waals surface area contributed by atoms with E-state index in [2.05, 4.69) is 18.8 Å². The molecule has 0 saturated heterocycles. The third kappa shape index (κ3) is 19.7. The lowest BCUT2D eigenvalue weighted by molar-refractivity contribution is -0.149. The molecule has 0 heterocycles. The zero-order valence-corrected chi connectivity index (χ0v) is 17.9. The topological polar surface area (TPSA) is 58.6 Å². The van der Waals surface area contributed by atoms with Gasteiger partial charge in [-0.1, -0.05) is 64.4 Å². The molecule has 1 atom stereocenters. The van der Waals surface area contributed by atoms with Gasteiger partial charge in [-0.2, -0.15) is 0 Å². The van der Waals surface area contributed by atoms with E-state index in [1.165, 1.54) is 44.9 Å². The molecule has 0 radical (unpaired) electrons. The van der Waals surface area contributed by atoms with E-state index in [0.717, 1.165) is 58.0 Å². The molecule has 2 N–H and O–H groups in total. The Morgan fingerprint density at radius 3 is 2.30 bits per heavy atom. The Labute approximate surface area is 168 Å². The zero-order chi connectivity index (χ0) is 20.0. The summed E-state index contributed by atoms with van der Waals surface area (Å²) in [5, 5.41) is 12.0. The van der Waals surface area contributed by atoms with Crippen LogP contribution in [0.3, 0.4) is 0 Å². The van der Waals surface area contributed by atoms with Crippen molar-refractivity contribution < 1.29 is 14.6 Å². The number of aliphatic hydroxyl groups excluding tert-OH is 1. The first-order valence-corrected chi connectivity index (χ1v) is 11.4. The van der Waals surface area contributed by atoms with Crippen LogP contribution in [0.4, 0.5) is 0 Å². The molecule has 4 heteroatoms. The highest BCUT2D eigenvalue weighted by Gasteiger charge is 2.12. The Morgan fingerprint density at radius 2 is 1.59 bits per heavy atom. The summed E-state index contributed by atoms with van der Waals surface area (Å²) in [6.45, 7) is 8.20. The van der Waals surface area contributed by atoms with Crippen LogP contribution in [-0.2, 0) is 9.53 Å². The smallest absolute Gasteiger partial charge is 0.306 e. The largest absolute Gasteiger partial charge is 0.462 e. The molecule has 0 saturated carbocycles. The van der Waals surface area contributed by atoms with E-state index >= 15 is 0 Å². The molecule has 0 fully saturated rings. The third-order valence-corrected chi connectivity index (χ3v) is 4.85. The first kappa shape index (κ1) is 26.1. The molecule has 0 bridgehead atoms. The molecule has 0 aliphatic heterocycles. The van der Waals surface area contributed by atoms with E-state index < -0.39 is 0 Å². The van der Waals surface area contributed by atoms with Gasteiger partial charge in [0, 0.05) is 19.4 Å². The van der Waals surface area contributed by atoms with E-state index in [0.29, 0.717) is 6.42 Å². The molecule has 1 unspecified atom stereocenters. The molecule has 0 aliphatic rings. The maximum absolute atomic E-state index is 12.1. The van der Waals surface area contributed by atoms with Crippen molar-refractivity contribution in [2.75, 3.05) is 19.7 Å². The fraction of sp³-hybridized carbons (Fsp3) is 0.870. The summed E-state index contributed by atoms with van der Waals surface area (Å²) in [6.07, 6.45) is 18.1. The fourth-order valence-electron chi connectivity index (χ4n) is 3.19. The maximum Gasteiger partial charge on any atom is 0.306 e. The SMILES string of the molecule is C=CCC(CCCCCCCC)OC(=O)CCCCCCCNCCCO. The van der Waals surface area contributed by atoms with Crippen molar-refractivity contribution in [3.63, 3.8) is 0 Å². The molecular weight excluding hydrogens is 338 g/mol. The van der Waals surface area contributed by atoms with E-state index in [4.69, 9.17) is 9.84 Å². The Balaban J connectivity index is 3.60. The fourth-order valence-corrected chi connectivity index (χ4v) is 3.19. The van der Waals surface area contributed by atoms with Gasteiger partial charge in [0.15, 0.2) is 0 Å². The molecule has 0 aromatic heterocycles. The van der Waals surface area contributed by atoms with Crippen LogP contribution in [0.25, 0.3) is 0 Å². The number of carbonyl (C=O) groups excluding carboxylic acids is 1. The second kappa shape index (κ2) is 21.4. The van der Waals surface area contributed by atoms with Gasteiger partial charge in [0.1, 0.15) is 6.10 Å². The number of aliphatic hydroxyl groups is 1. The minimum Gasteiger partial charge on any atom is -0.462 e. The Morgan fingerprint density at radius 1 is 0.963 bits per heavy atom. The van der Waals surface area contributed by atoms with Gasteiger partial charge in [0.25, 0.3) is 0 Å². The molecule has 0 amide bonds. The van der Waals surface area contributed by atoms with Crippen LogP contribution in [-0.4, -0.2) is 36.9 Å². The van der Waals surface area contributed by atoms with Gasteiger partial charge < -0.3 is 15.2 Å². The molecule has 4 nitrogen and oxygen atoms in total. The number of carbonyl (C=O) groups is 1. The van der Waals surface area contributed by atoms with Crippen LogP contribution in [0, 0.1) is 0 Å². The normalized spacial score (nSPS) is 12.1. The molecule has 27 heavy (non-hydrogen) atoms. The Bertz CT molecular complexity index is 334. The standard InChI is InChI=1S/C23H45NO3/c1-3-5-6-7-9-12-17-22(16-4-2)27-23(26)18-13-10-8-11-14-19-24-20-15-21-25/h4,22,24-25H,2-3,5-21H2,1H3. The summed E-state index contributed by atoms with van der Waals surface area (Å²) in [6, 6.07) is 0. The number of unbranched alkanes of at least 4 members (excludes halogenated alkanes) is 9. The molecule has 0 rings (SSSR count). The first-order valence-electron chi connectivity index (χ1n) is 11.4. The van der Waals surface area contributed by atoms with Crippen LogP contribution < -0.4 is 5.32 Å². The Hall–Kier alpha value is -0.870. The highest BCUT2D eigenvalue weighted by molar-refractivity contribution is 5.69. The summed E-state index contributed by atoms with van der Waals surface area (Å²) < 4.78 is 5.66. The monoisotopic (exact) mass is 383 g/mol. The average molecular weight is 384 g/mol. The third-order valence-electron chi connectivity index (χ3n) is 4.85. The van der Waals surface area contributed by atoms with Gasteiger partial charge in [-0.25, -0.2) is 0 Å². The molecule has 0 spiro atoms. The van der Waals surface area contributed by atoms with Crippen LogP contribution in [0.5, 0.6) is 0 Å². The number of ether oxygens (including phenoxy) is 1. The lowest BCUT2D eigenvalue weighted by atomic mass is 10.1. The van der Waals surface area contributed by atoms with Crippen molar-refractivity contribution in [3.05, 3.63) is 12.7 Å². The quantitative estimate of drug-likeness (QED) is 0.155. The summed E-state index contributed by atoms with van der Waals surface area (Å²) in [5.41, 5.74) is 0. The highest BCUT2D eigenvalue weighted by atomic mass is 16.5. The summed E-state index contributed by atoms with van der Waals surface area (Å²) >= 11 is 0. The molecule has 160 valence electrons. The second-order valence-corrected chi connectivity index (χ2v) is 7.54. The van der Waals surface area contributed by atoms with Gasteiger partial charge in [0.05, 0.1) is 0 Å². The minimum atomic E-state index is -0.0431. The second-order valence-electron chi connectivity index (χ2n) is 7.54. The number of rotatable bonds is 21. The van der Waals surface area contributed by atoms with Crippen molar-refractivity contribution in [2.45, 2.75) is 109 Å². The number of hydrogen-bond acceptors (Lipinski definition) is 4. The zero-order valence-electron chi connectivity index (χ0n) is 17.9. The highest BCUT2D eigenvalue weighted by Crippen LogP contribution is 2.15. The summed E-state index contributed by atoms with van der Waals surface area (Å²) in [7, 11) is 0. The van der Waals surface area contributed by atoms with Crippen molar-refractivity contribution >= 4 is 5.97 Å². The summed E-state index contributed by atoms with van der Waals surface area (Å²) in [5.74, 6) is -0.0431. The van der Waals surface area contributed by atoms with Crippen molar-refractivity contribution in [1.29, 1.82) is 0 Å². The lowest BCUT2D eigenvalue weighted by Gasteiger charge is -2.16. The van der Waals surface area contributed by atoms with E-state index in [-0.39, 0.29) is 18.7 Å². The van der Waals surface area contributed by atoms with Gasteiger partial charge in [-0.05, 0) is 45.2 Å². The predicted molar refractivity (Wildman–Crippen MR) is 115 cm³/mol. The molecular formula is C23H45NO3. The summed E-state index contributed by atoms with van der Waals surface area (Å²) in [4.78, 5) is 12.1. The Kier molecular flexibility index (Phi) is 20.7. The van der Waals surface area contributed by atoms with Crippen molar-refractivity contribution in [2.24, 2.45) is 0 Å². The number of nitrogens with one attached hydrogen (secondary N) is 1. The first-order chi connectivity index (χ1) is 13.2. The average Bonchev–Trinajstić information content (AvgIpc) is 2.66. The van der Waals surface area contributed by atoms with Gasteiger partial charge in [-0.15, -0.1) is 6.58 Å². The van der Waals surface area contributed by atoms with Crippen LogP contribution in [0.15, 0.2) is 12.7 Å². The molecule has 0 aliphatic carbocycles. The van der Waals surface area contributed by atoms with E-state index in [9.17, 15) is 4.79 Å². The van der Waals surface area contributed by atoms with Crippen LogP contribution in [0.2, 0.25) is 0 Å². The van der Waals surface area contributed by atoms with Gasteiger partial charge in [-0.3, -0.25) is 4.79 Å². The minimum absolute atomic E-state index is 0.0196. The predicted octanol–water partition coefficient (Wildman–Crippen LogP) is 5.54.